The highest BCUT2D eigenvalue weighted by Gasteiger charge is 2.18. The minimum Gasteiger partial charge on any atom is -0.282 e. The van der Waals surface area contributed by atoms with Crippen LogP contribution in [0.2, 0.25) is 0 Å². The summed E-state index contributed by atoms with van der Waals surface area (Å²) in [6.45, 7) is 0. The molecule has 0 aromatic heterocycles. The van der Waals surface area contributed by atoms with Crippen molar-refractivity contribution in [3.8, 4) is 0 Å². The van der Waals surface area contributed by atoms with Gasteiger partial charge in [-0.3, -0.25) is 4.79 Å². The number of carbonyl (C=O) groups excluding carboxylic acids is 1. The topological polar surface area (TPSA) is 17.1 Å². The van der Waals surface area contributed by atoms with Crippen LogP contribution in [0.5, 0.6) is 0 Å². The van der Waals surface area contributed by atoms with E-state index in [4.69, 9.17) is 0 Å². The third-order valence-electron chi connectivity index (χ3n) is 2.14. The Kier molecular flexibility index (Phi) is 6.11. The average molecular weight is 262 g/mol. The Hall–Kier alpha value is -0.970. The van der Waals surface area contributed by atoms with Crippen molar-refractivity contribution in [2.24, 2.45) is 0 Å². The van der Waals surface area contributed by atoms with Crippen LogP contribution in [0.1, 0.15) is 23.2 Å². The van der Waals surface area contributed by atoms with Crippen LogP contribution in [0.15, 0.2) is 30.3 Å². The molecule has 0 fully saturated rings. The molecule has 17 heavy (non-hydrogen) atoms. The van der Waals surface area contributed by atoms with E-state index in [1.54, 1.807) is 30.3 Å². The Morgan fingerprint density at radius 1 is 1.18 bits per heavy atom. The van der Waals surface area contributed by atoms with E-state index in [0.717, 1.165) is 11.8 Å². The molecule has 1 unspecified atom stereocenters. The molecule has 1 rings (SSSR count). The van der Waals surface area contributed by atoms with Gasteiger partial charge in [-0.05, 0) is 12.8 Å². The Morgan fingerprint density at radius 3 is 2.41 bits per heavy atom. The number of hydrogen-bond donors (Lipinski definition) is 0. The van der Waals surface area contributed by atoms with Crippen LogP contribution in [-0.4, -0.2) is 23.5 Å². The maximum absolute atomic E-state index is 12.5. The predicted molar refractivity (Wildman–Crippen MR) is 63.4 cm³/mol. The fourth-order valence-electron chi connectivity index (χ4n) is 1.23. The molecule has 1 nitrogen and oxygen atoms in total. The molecule has 0 saturated heterocycles. The summed E-state index contributed by atoms with van der Waals surface area (Å²) in [6, 6.07) is 8.68. The third-order valence-corrected chi connectivity index (χ3v) is 3.13. The monoisotopic (exact) mass is 262 g/mol. The van der Waals surface area contributed by atoms with Crippen LogP contribution in [0.3, 0.4) is 0 Å². The molecule has 1 aromatic carbocycles. The van der Waals surface area contributed by atoms with Crippen molar-refractivity contribution in [3.05, 3.63) is 35.9 Å². The zero-order valence-corrected chi connectivity index (χ0v) is 9.93. The number of hydrogen-bond acceptors (Lipinski definition) is 2. The van der Waals surface area contributed by atoms with Crippen molar-refractivity contribution in [2.75, 3.05) is 5.75 Å². The Labute approximate surface area is 102 Å². The highest BCUT2D eigenvalue weighted by atomic mass is 32.2. The summed E-state index contributed by atoms with van der Waals surface area (Å²) in [5, 5.41) is -0.113. The minimum atomic E-state index is -2.93. The van der Waals surface area contributed by atoms with Crippen molar-refractivity contribution in [2.45, 2.75) is 25.4 Å². The minimum absolute atomic E-state index is 0.113. The van der Waals surface area contributed by atoms with Gasteiger partial charge in [0, 0.05) is 11.3 Å². The van der Waals surface area contributed by atoms with Gasteiger partial charge in [-0.1, -0.05) is 42.1 Å². The van der Waals surface area contributed by atoms with Crippen LogP contribution in [0.4, 0.5) is 13.2 Å². The summed E-state index contributed by atoms with van der Waals surface area (Å²) in [4.78, 5) is 11.5. The van der Waals surface area contributed by atoms with E-state index >= 15 is 0 Å². The first kappa shape index (κ1) is 14.1. The molecule has 0 heterocycles. The number of thioether (sulfide) groups is 1. The first-order valence-corrected chi connectivity index (χ1v) is 6.24. The third kappa shape index (κ3) is 5.26. The summed E-state index contributed by atoms with van der Waals surface area (Å²) in [5.74, 6) is 0.362. The molecule has 94 valence electrons. The van der Waals surface area contributed by atoms with Crippen molar-refractivity contribution in [1.82, 2.24) is 0 Å². The van der Waals surface area contributed by atoms with Gasteiger partial charge < -0.3 is 0 Å². The molecule has 1 atom stereocenters. The molecule has 0 bridgehead atoms. The van der Waals surface area contributed by atoms with Gasteiger partial charge in [-0.2, -0.15) is 0 Å². The van der Waals surface area contributed by atoms with Crippen LogP contribution in [0.25, 0.3) is 0 Å². The van der Waals surface area contributed by atoms with Gasteiger partial charge in [-0.25, -0.2) is 13.2 Å². The molecule has 0 saturated carbocycles. The Bertz CT molecular complexity index is 343. The van der Waals surface area contributed by atoms with Crippen molar-refractivity contribution in [3.63, 3.8) is 0 Å². The smallest absolute Gasteiger partial charge is 0.269 e. The summed E-state index contributed by atoms with van der Waals surface area (Å²) in [5.41, 5.74) is 0.572. The highest BCUT2D eigenvalue weighted by Crippen LogP contribution is 2.17. The molecule has 0 aliphatic carbocycles. The molecule has 0 amide bonds. The molecule has 0 N–H and O–H groups in total. The van der Waals surface area contributed by atoms with E-state index in [2.05, 4.69) is 0 Å². The summed E-state index contributed by atoms with van der Waals surface area (Å²) >= 11 is 1.03. The lowest BCUT2D eigenvalue weighted by Gasteiger charge is -2.05. The summed E-state index contributed by atoms with van der Waals surface area (Å²) in [7, 11) is 0. The molecular formula is C12H13F3OS. The number of halogens is 3. The largest absolute Gasteiger partial charge is 0.282 e. The van der Waals surface area contributed by atoms with E-state index in [1.807, 2.05) is 0 Å². The van der Waals surface area contributed by atoms with Crippen LogP contribution >= 0.6 is 11.8 Å². The molecule has 0 aliphatic heterocycles. The van der Waals surface area contributed by atoms with Gasteiger partial charge in [0.15, 0.2) is 6.17 Å². The summed E-state index contributed by atoms with van der Waals surface area (Å²) in [6.07, 6.45) is -4.94. The number of alkyl halides is 3. The van der Waals surface area contributed by atoms with Gasteiger partial charge in [0.05, 0.1) is 0 Å². The standard InChI is InChI=1S/C12H13F3OS/c13-10(11(14)15)7-4-8-17-12(16)9-5-2-1-3-6-9/h1-3,5-6,10-11H,4,7-8H2. The van der Waals surface area contributed by atoms with Gasteiger partial charge >= 0.3 is 0 Å². The predicted octanol–water partition coefficient (Wildman–Crippen LogP) is 3.94. The normalized spacial score (nSPS) is 12.7. The van der Waals surface area contributed by atoms with Gasteiger partial charge in [0.25, 0.3) is 6.43 Å². The van der Waals surface area contributed by atoms with Gasteiger partial charge in [0.1, 0.15) is 0 Å². The van der Waals surface area contributed by atoms with Crippen molar-refractivity contribution in [1.29, 1.82) is 0 Å². The second-order valence-corrected chi connectivity index (χ2v) is 4.56. The van der Waals surface area contributed by atoms with E-state index in [1.165, 1.54) is 0 Å². The molecule has 1 aromatic rings. The number of carbonyl (C=O) groups is 1. The lowest BCUT2D eigenvalue weighted by molar-refractivity contribution is 0.0452. The molecule has 0 radical (unpaired) electrons. The molecule has 0 spiro atoms. The first-order chi connectivity index (χ1) is 8.11. The van der Waals surface area contributed by atoms with Crippen LogP contribution < -0.4 is 0 Å². The quantitative estimate of drug-likeness (QED) is 0.722. The lowest BCUT2D eigenvalue weighted by atomic mass is 10.2. The Morgan fingerprint density at radius 2 is 1.82 bits per heavy atom. The SMILES string of the molecule is O=C(SCCCC(F)C(F)F)c1ccccc1. The van der Waals surface area contributed by atoms with Crippen LogP contribution in [0, 0.1) is 0 Å². The zero-order chi connectivity index (χ0) is 12.7. The van der Waals surface area contributed by atoms with E-state index in [9.17, 15) is 18.0 Å². The molecular weight excluding hydrogens is 249 g/mol. The molecule has 0 aliphatic rings. The average Bonchev–Trinajstić information content (AvgIpc) is 2.35. The van der Waals surface area contributed by atoms with Gasteiger partial charge in [0.2, 0.25) is 5.12 Å². The van der Waals surface area contributed by atoms with Crippen molar-refractivity contribution >= 4 is 16.9 Å². The zero-order valence-electron chi connectivity index (χ0n) is 9.11. The first-order valence-electron chi connectivity index (χ1n) is 5.25. The number of benzene rings is 1. The second-order valence-electron chi connectivity index (χ2n) is 3.49. The fraction of sp³-hybridized carbons (Fsp3) is 0.417. The van der Waals surface area contributed by atoms with Crippen LogP contribution in [-0.2, 0) is 0 Å². The van der Waals surface area contributed by atoms with Crippen molar-refractivity contribution < 1.29 is 18.0 Å². The van der Waals surface area contributed by atoms with E-state index in [-0.39, 0.29) is 18.0 Å². The van der Waals surface area contributed by atoms with Gasteiger partial charge in [-0.15, -0.1) is 0 Å². The summed E-state index contributed by atoms with van der Waals surface area (Å²) < 4.78 is 36.2. The lowest BCUT2D eigenvalue weighted by Crippen LogP contribution is -2.11. The highest BCUT2D eigenvalue weighted by molar-refractivity contribution is 8.14. The van der Waals surface area contributed by atoms with E-state index < -0.39 is 12.6 Å². The maximum Gasteiger partial charge on any atom is 0.269 e. The Balaban J connectivity index is 2.22. The maximum atomic E-state index is 12.5. The number of rotatable bonds is 6. The molecule has 5 heteroatoms. The van der Waals surface area contributed by atoms with E-state index in [0.29, 0.717) is 11.3 Å². The second kappa shape index (κ2) is 7.37. The fourth-order valence-corrected chi connectivity index (χ4v) is 2.03.